The number of aliphatic hydroxyl groups excluding tert-OH is 1. The number of urea groups is 1. The number of nitrogens with zero attached hydrogens (tertiary/aromatic N) is 4. The number of Topliss-reactive ketones (excluding diaryl/α,β-unsaturated/α-hetero) is 2. The zero-order valence-corrected chi connectivity index (χ0v) is 59.0. The number of benzene rings is 2. The number of primary amides is 1. The summed E-state index contributed by atoms with van der Waals surface area (Å²) < 4.78 is 17.8. The van der Waals surface area contributed by atoms with E-state index >= 15 is 0 Å². The topological polar surface area (TPSA) is 323 Å². The van der Waals surface area contributed by atoms with E-state index in [2.05, 4.69) is 21.3 Å². The number of hydrogen-bond acceptors (Lipinski definition) is 15. The molecule has 0 radical (unpaired) electrons. The van der Waals surface area contributed by atoms with Crippen LogP contribution in [0.25, 0.3) is 0 Å². The third kappa shape index (κ3) is 23.5. The number of aliphatic hydroxyl groups is 1. The van der Waals surface area contributed by atoms with Crippen LogP contribution in [-0.2, 0) is 64.0 Å². The van der Waals surface area contributed by atoms with Crippen molar-refractivity contribution in [1.29, 1.82) is 0 Å². The Balaban J connectivity index is 1.37. The molecule has 1 unspecified atom stereocenters. The highest BCUT2D eigenvalue weighted by molar-refractivity contribution is 6.03. The molecule has 24 heteroatoms. The van der Waals surface area contributed by atoms with Gasteiger partial charge in [0, 0.05) is 97.1 Å². The summed E-state index contributed by atoms with van der Waals surface area (Å²) in [6, 6.07) is 11.4. The number of amides is 10. The number of anilines is 1. The Morgan fingerprint density at radius 2 is 1.42 bits per heavy atom. The van der Waals surface area contributed by atoms with Crippen LogP contribution >= 0.6 is 0 Å². The molecule has 0 bridgehead atoms. The Labute approximate surface area is 562 Å². The maximum absolute atomic E-state index is 14.9. The molecule has 13 atom stereocenters. The molecule has 2 aromatic carbocycles. The monoisotopic (exact) mass is 1330 g/mol. The van der Waals surface area contributed by atoms with Crippen LogP contribution < -0.4 is 27.0 Å². The van der Waals surface area contributed by atoms with Crippen molar-refractivity contribution < 1.29 is 72.1 Å². The summed E-state index contributed by atoms with van der Waals surface area (Å²) in [5.41, 5.74) is 6.89. The zero-order chi connectivity index (χ0) is 71.0. The van der Waals surface area contributed by atoms with E-state index in [0.717, 1.165) is 0 Å². The van der Waals surface area contributed by atoms with Gasteiger partial charge in [-0.2, -0.15) is 0 Å². The van der Waals surface area contributed by atoms with E-state index in [0.29, 0.717) is 74.8 Å². The molecule has 10 amide bonds. The number of nitrogens with two attached hydrogens (primary N) is 1. The summed E-state index contributed by atoms with van der Waals surface area (Å²) in [7, 11) is 6.20. The summed E-state index contributed by atoms with van der Waals surface area (Å²) >= 11 is 0. The minimum atomic E-state index is -0.969. The zero-order valence-electron chi connectivity index (χ0n) is 59.0. The number of carbonyl (C=O) groups excluding carboxylic acids is 11. The first kappa shape index (κ1) is 80.1. The maximum atomic E-state index is 14.9. The SMILES string of the molecule is CC[C@H](C)[C@@H]([C@@H](CC(=O)N1CCC[C@H]1[C@H](OC)[C@@H](C)C(=O)N[C@H](C)[C@@H](O)c1ccccc1)OC)N(C)C(=O)[C@H](CC(=O)[C@H](C(C)C)N(C)C(=O)OCc1ccc(NC(=O)[C@H](CCCNC(N)=O)CC(=O)[C@@H](NC(=O)CCCCCN2C(=O)CC(C)C2=O)C(C)C)cc1)C(C)C. The Kier molecular flexibility index (Phi) is 32.9. The quantitative estimate of drug-likeness (QED) is 0.0275. The molecule has 0 aliphatic carbocycles. The largest absolute Gasteiger partial charge is 0.445 e. The van der Waals surface area contributed by atoms with Crippen LogP contribution in [0.2, 0.25) is 0 Å². The van der Waals surface area contributed by atoms with Crippen LogP contribution in [-0.4, -0.2) is 180 Å². The van der Waals surface area contributed by atoms with Crippen molar-refractivity contribution in [3.63, 3.8) is 0 Å². The third-order valence-corrected chi connectivity index (χ3v) is 19.0. The smallest absolute Gasteiger partial charge is 0.410 e. The molecule has 24 nitrogen and oxygen atoms in total. The van der Waals surface area contributed by atoms with Gasteiger partial charge in [0.05, 0.1) is 60.9 Å². The summed E-state index contributed by atoms with van der Waals surface area (Å²) in [5, 5.41) is 22.1. The molecule has 0 spiro atoms. The van der Waals surface area contributed by atoms with Crippen molar-refractivity contribution in [3.05, 3.63) is 65.7 Å². The van der Waals surface area contributed by atoms with Gasteiger partial charge >= 0.3 is 12.1 Å². The molecule has 2 aromatic rings. The molecule has 2 heterocycles. The Bertz CT molecular complexity index is 2870. The van der Waals surface area contributed by atoms with E-state index in [-0.39, 0.29) is 128 Å². The highest BCUT2D eigenvalue weighted by atomic mass is 16.6. The molecule has 4 rings (SSSR count). The van der Waals surface area contributed by atoms with Gasteiger partial charge in [-0.1, -0.05) is 125 Å². The Morgan fingerprint density at radius 3 is 1.99 bits per heavy atom. The van der Waals surface area contributed by atoms with Crippen molar-refractivity contribution >= 4 is 70.7 Å². The molecule has 0 aromatic heterocycles. The highest BCUT2D eigenvalue weighted by Crippen LogP contribution is 2.32. The molecular weight excluding hydrogens is 1220 g/mol. The van der Waals surface area contributed by atoms with E-state index < -0.39 is 84.3 Å². The van der Waals surface area contributed by atoms with Gasteiger partial charge < -0.3 is 61.0 Å². The number of carbonyl (C=O) groups is 11. The van der Waals surface area contributed by atoms with E-state index in [9.17, 15) is 57.8 Å². The van der Waals surface area contributed by atoms with Crippen molar-refractivity contribution in [2.75, 3.05) is 53.3 Å². The number of likely N-dealkylation sites (tertiary alicyclic amines) is 2. The number of ether oxygens (including phenoxy) is 3. The summed E-state index contributed by atoms with van der Waals surface area (Å²) in [4.78, 5) is 154. The second kappa shape index (κ2) is 39.0. The second-order valence-electron chi connectivity index (χ2n) is 27.2. The fraction of sp³-hybridized carbons (Fsp3) is 0.676. The molecule has 2 aliphatic heterocycles. The maximum Gasteiger partial charge on any atom is 0.410 e. The number of nitrogens with one attached hydrogen (secondary N) is 4. The van der Waals surface area contributed by atoms with E-state index in [4.69, 9.17) is 19.9 Å². The number of rotatable bonds is 40. The predicted octanol–water partition coefficient (Wildman–Crippen LogP) is 7.73. The third-order valence-electron chi connectivity index (χ3n) is 19.0. The van der Waals surface area contributed by atoms with Crippen LogP contribution in [0.1, 0.15) is 177 Å². The molecule has 95 heavy (non-hydrogen) atoms. The van der Waals surface area contributed by atoms with Gasteiger partial charge in [-0.25, -0.2) is 9.59 Å². The van der Waals surface area contributed by atoms with E-state index in [1.807, 2.05) is 59.7 Å². The van der Waals surface area contributed by atoms with Crippen LogP contribution in [0.15, 0.2) is 54.6 Å². The first-order valence-corrected chi connectivity index (χ1v) is 34.1. The standard InChI is InChI=1S/C71H111N9O15/c1-16-45(8)63(57(93-14)40-60(85)79-36-24-28-54(79)65(94-15)47(10)66(87)74-48(11)64(86)50-25-19-17-20-26-50)77(12)69(90)53(42(2)3)39-56(82)62(44(6)7)78(13)71(92)95-41-49-30-32-52(33-31-49)75-67(88)51(27-23-34-73-70(72)91)38-55(81)61(43(4)5)76-58(83)29-21-18-22-35-80-59(84)37-46(9)68(80)89/h17,19-20,25-26,30-33,42-48,51,53-54,57,61-65,86H,16,18,21-24,27-29,34-41H2,1-15H3,(H,74,87)(H,75,88)(H,76,83)(H3,72,73,91)/t45-,46?,47+,48+,51+,53+,54-,57+,61-,62-,63-,64+,65+/m0/s1. The molecule has 7 N–H and O–H groups in total. The minimum absolute atomic E-state index is 0.0691. The fourth-order valence-corrected chi connectivity index (χ4v) is 13.1. The normalized spacial score (nSPS) is 18.4. The number of imide groups is 1. The average molecular weight is 1330 g/mol. The van der Waals surface area contributed by atoms with Gasteiger partial charge in [0.15, 0.2) is 11.6 Å². The molecule has 530 valence electrons. The van der Waals surface area contributed by atoms with Crippen LogP contribution in [0.5, 0.6) is 0 Å². The molecule has 0 saturated carbocycles. The number of hydrogen-bond donors (Lipinski definition) is 6. The van der Waals surface area contributed by atoms with Crippen LogP contribution in [0.3, 0.4) is 0 Å². The van der Waals surface area contributed by atoms with Gasteiger partial charge in [0.25, 0.3) is 0 Å². The highest BCUT2D eigenvalue weighted by Gasteiger charge is 2.44. The number of ketones is 2. The van der Waals surface area contributed by atoms with Gasteiger partial charge in [-0.15, -0.1) is 0 Å². The summed E-state index contributed by atoms with van der Waals surface area (Å²) in [6.07, 6.45) is 0.842. The van der Waals surface area contributed by atoms with E-state index in [1.54, 1.807) is 87.9 Å². The van der Waals surface area contributed by atoms with Crippen LogP contribution in [0, 0.1) is 47.3 Å². The Morgan fingerprint density at radius 1 is 0.758 bits per heavy atom. The molecule has 2 saturated heterocycles. The van der Waals surface area contributed by atoms with Gasteiger partial charge in [0.1, 0.15) is 6.61 Å². The first-order valence-electron chi connectivity index (χ1n) is 34.1. The number of methoxy groups -OCH3 is 2. The van der Waals surface area contributed by atoms with Gasteiger partial charge in [0.2, 0.25) is 41.4 Å². The number of likely N-dealkylation sites (N-methyl/N-ethyl adjacent to an activating group) is 2. The van der Waals surface area contributed by atoms with E-state index in [1.165, 1.54) is 31.1 Å². The van der Waals surface area contributed by atoms with Crippen molar-refractivity contribution in [3.8, 4) is 0 Å². The summed E-state index contributed by atoms with van der Waals surface area (Å²) in [5.74, 6) is -6.50. The molecule has 2 aliphatic rings. The lowest BCUT2D eigenvalue weighted by atomic mass is 9.83. The van der Waals surface area contributed by atoms with Crippen molar-refractivity contribution in [2.45, 2.75) is 215 Å². The summed E-state index contributed by atoms with van der Waals surface area (Å²) in [6.45, 7) is 20.9. The molecule has 2 fully saturated rings. The van der Waals surface area contributed by atoms with Gasteiger partial charge in [-0.05, 0) is 92.4 Å². The van der Waals surface area contributed by atoms with Gasteiger partial charge in [-0.3, -0.25) is 48.1 Å². The first-order chi connectivity index (χ1) is 44.9. The lowest BCUT2D eigenvalue weighted by Gasteiger charge is -2.41. The minimum Gasteiger partial charge on any atom is -0.445 e. The van der Waals surface area contributed by atoms with Crippen molar-refractivity contribution in [1.82, 2.24) is 35.6 Å². The fourth-order valence-electron chi connectivity index (χ4n) is 13.1. The predicted molar refractivity (Wildman–Crippen MR) is 360 cm³/mol. The van der Waals surface area contributed by atoms with Crippen LogP contribution in [0.4, 0.5) is 15.3 Å². The molecular formula is C71H111N9O15. The number of unbranched alkanes of at least 4 members (excludes halogenated alkanes) is 2. The second-order valence-corrected chi connectivity index (χ2v) is 27.2. The average Bonchev–Trinajstić information content (AvgIpc) is 1.78. The Hall–Kier alpha value is -7.31. The lowest BCUT2D eigenvalue weighted by molar-refractivity contribution is -0.149. The van der Waals surface area contributed by atoms with Crippen molar-refractivity contribution in [2.24, 2.45) is 53.1 Å². The lowest BCUT2D eigenvalue weighted by Crippen LogP contribution is -2.55.